The normalized spacial score (nSPS) is 25.9. The second-order valence-corrected chi connectivity index (χ2v) is 6.64. The second kappa shape index (κ2) is 4.85. The molecule has 0 spiro atoms. The first kappa shape index (κ1) is 13.4. The van der Waals surface area contributed by atoms with Gasteiger partial charge in [-0.25, -0.2) is 0 Å². The first-order valence-corrected chi connectivity index (χ1v) is 8.22. The Morgan fingerprint density at radius 3 is 2.95 bits per heavy atom. The van der Waals surface area contributed by atoms with Crippen LogP contribution in [-0.2, 0) is 13.0 Å². The number of likely N-dealkylation sites (N-methyl/N-ethyl adjacent to an activating group) is 1. The summed E-state index contributed by atoms with van der Waals surface area (Å²) >= 11 is 0. The van der Waals surface area contributed by atoms with E-state index in [0.717, 1.165) is 19.6 Å². The Kier molecular flexibility index (Phi) is 3.09. The van der Waals surface area contributed by atoms with Crippen molar-refractivity contribution in [3.8, 4) is 0 Å². The number of β-amino-alcohol motifs (C(OH)–C–C–N with tert-alkyl or cyclic N) is 1. The van der Waals surface area contributed by atoms with Gasteiger partial charge in [0.2, 0.25) is 0 Å². The van der Waals surface area contributed by atoms with Crippen LogP contribution in [0, 0.1) is 6.92 Å². The average Bonchev–Trinajstić information content (AvgIpc) is 2.69. The maximum Gasteiger partial charge on any atom is 0.0846 e. The number of hydrogen-bond acceptors (Lipinski definition) is 2. The highest BCUT2D eigenvalue weighted by molar-refractivity contribution is 5.87. The third-order valence-corrected chi connectivity index (χ3v) is 5.27. The van der Waals surface area contributed by atoms with E-state index in [0.29, 0.717) is 6.04 Å². The summed E-state index contributed by atoms with van der Waals surface area (Å²) in [5, 5.41) is 11.8. The van der Waals surface area contributed by atoms with Gasteiger partial charge in [-0.2, -0.15) is 0 Å². The lowest BCUT2D eigenvalue weighted by Gasteiger charge is -2.33. The van der Waals surface area contributed by atoms with Crippen LogP contribution >= 0.6 is 0 Å². The van der Waals surface area contributed by atoms with Crippen LogP contribution in [-0.4, -0.2) is 33.8 Å². The molecule has 0 radical (unpaired) electrons. The van der Waals surface area contributed by atoms with E-state index >= 15 is 0 Å². The van der Waals surface area contributed by atoms with Gasteiger partial charge in [-0.1, -0.05) is 18.6 Å². The van der Waals surface area contributed by atoms with E-state index in [1.807, 2.05) is 0 Å². The number of rotatable bonds is 1. The minimum absolute atomic E-state index is 0.267. The summed E-state index contributed by atoms with van der Waals surface area (Å²) in [7, 11) is 0. The zero-order chi connectivity index (χ0) is 14.6. The smallest absolute Gasteiger partial charge is 0.0846 e. The lowest BCUT2D eigenvalue weighted by Crippen LogP contribution is -2.35. The molecule has 1 N–H and O–H groups in total. The highest BCUT2D eigenvalue weighted by Gasteiger charge is 2.34. The number of aromatic nitrogens is 1. The van der Waals surface area contributed by atoms with Crippen LogP contribution < -0.4 is 0 Å². The van der Waals surface area contributed by atoms with Crippen molar-refractivity contribution in [1.29, 1.82) is 0 Å². The number of benzene rings is 1. The molecule has 0 bridgehead atoms. The van der Waals surface area contributed by atoms with E-state index < -0.39 is 0 Å². The van der Waals surface area contributed by atoms with Crippen molar-refractivity contribution in [1.82, 2.24) is 9.47 Å². The Morgan fingerprint density at radius 2 is 2.14 bits per heavy atom. The molecule has 3 heteroatoms. The molecule has 0 fully saturated rings. The van der Waals surface area contributed by atoms with Crippen molar-refractivity contribution in [3.05, 3.63) is 35.0 Å². The SMILES string of the molecule is CCN1C[C@H](O)Cn2c3c(c4cc(C)ccc42)CCC[C@H]31. The van der Waals surface area contributed by atoms with Crippen molar-refractivity contribution in [2.75, 3.05) is 13.1 Å². The van der Waals surface area contributed by atoms with Gasteiger partial charge < -0.3 is 9.67 Å². The molecule has 112 valence electrons. The topological polar surface area (TPSA) is 28.4 Å². The number of fused-ring (bicyclic) bond motifs is 3. The first-order valence-electron chi connectivity index (χ1n) is 8.22. The lowest BCUT2D eigenvalue weighted by atomic mass is 9.90. The summed E-state index contributed by atoms with van der Waals surface area (Å²) in [6.07, 6.45) is 3.41. The minimum Gasteiger partial charge on any atom is -0.390 e. The maximum absolute atomic E-state index is 10.4. The van der Waals surface area contributed by atoms with Crippen molar-refractivity contribution in [2.24, 2.45) is 0 Å². The molecule has 2 atom stereocenters. The summed E-state index contributed by atoms with van der Waals surface area (Å²) in [6.45, 7) is 6.94. The van der Waals surface area contributed by atoms with E-state index in [1.165, 1.54) is 47.0 Å². The van der Waals surface area contributed by atoms with Gasteiger partial charge in [0, 0.05) is 23.1 Å². The van der Waals surface area contributed by atoms with Crippen LogP contribution in [0.5, 0.6) is 0 Å². The highest BCUT2D eigenvalue weighted by Crippen LogP contribution is 2.42. The van der Waals surface area contributed by atoms with E-state index in [2.05, 4.69) is 41.5 Å². The van der Waals surface area contributed by atoms with Gasteiger partial charge in [0.25, 0.3) is 0 Å². The van der Waals surface area contributed by atoms with E-state index in [4.69, 9.17) is 0 Å². The second-order valence-electron chi connectivity index (χ2n) is 6.64. The van der Waals surface area contributed by atoms with Crippen molar-refractivity contribution >= 4 is 10.9 Å². The molecule has 0 unspecified atom stereocenters. The molecular formula is C18H24N2O. The monoisotopic (exact) mass is 284 g/mol. The molecule has 1 aliphatic carbocycles. The fourth-order valence-electron chi connectivity index (χ4n) is 4.38. The predicted molar refractivity (Wildman–Crippen MR) is 85.6 cm³/mol. The number of aliphatic hydroxyl groups excluding tert-OH is 1. The van der Waals surface area contributed by atoms with Gasteiger partial charge in [0.15, 0.2) is 0 Å². The fraction of sp³-hybridized carbons (Fsp3) is 0.556. The third-order valence-electron chi connectivity index (χ3n) is 5.27. The summed E-state index contributed by atoms with van der Waals surface area (Å²) in [5.74, 6) is 0. The zero-order valence-corrected chi connectivity index (χ0v) is 13.0. The van der Waals surface area contributed by atoms with Gasteiger partial charge in [-0.3, -0.25) is 4.90 Å². The Balaban J connectivity index is 2.01. The molecule has 1 aromatic heterocycles. The number of nitrogens with zero attached hydrogens (tertiary/aromatic N) is 2. The third kappa shape index (κ3) is 1.95. The zero-order valence-electron chi connectivity index (χ0n) is 13.0. The van der Waals surface area contributed by atoms with Crippen LogP contribution in [0.2, 0.25) is 0 Å². The number of hydrogen-bond donors (Lipinski definition) is 1. The molecule has 21 heavy (non-hydrogen) atoms. The lowest BCUT2D eigenvalue weighted by molar-refractivity contribution is 0.0901. The van der Waals surface area contributed by atoms with Crippen LogP contribution in [0.15, 0.2) is 18.2 Å². The van der Waals surface area contributed by atoms with Gasteiger partial charge in [0.05, 0.1) is 18.7 Å². The van der Waals surface area contributed by atoms with Crippen LogP contribution in [0.3, 0.4) is 0 Å². The van der Waals surface area contributed by atoms with Gasteiger partial charge in [0.1, 0.15) is 0 Å². The predicted octanol–water partition coefficient (Wildman–Crippen LogP) is 3.02. The first-order chi connectivity index (χ1) is 10.2. The highest BCUT2D eigenvalue weighted by atomic mass is 16.3. The van der Waals surface area contributed by atoms with Crippen LogP contribution in [0.25, 0.3) is 10.9 Å². The molecule has 0 amide bonds. The molecule has 1 aromatic carbocycles. The van der Waals surface area contributed by atoms with Gasteiger partial charge in [-0.15, -0.1) is 0 Å². The quantitative estimate of drug-likeness (QED) is 0.872. The Bertz CT molecular complexity index is 688. The molecule has 2 aliphatic rings. The Morgan fingerprint density at radius 1 is 1.29 bits per heavy atom. The fourth-order valence-corrected chi connectivity index (χ4v) is 4.38. The molecule has 2 aromatic rings. The molecular weight excluding hydrogens is 260 g/mol. The van der Waals surface area contributed by atoms with Gasteiger partial charge >= 0.3 is 0 Å². The largest absolute Gasteiger partial charge is 0.390 e. The maximum atomic E-state index is 10.4. The number of aliphatic hydroxyl groups is 1. The number of aryl methyl sites for hydroxylation is 2. The molecule has 0 saturated carbocycles. The Labute approximate surface area is 126 Å². The summed E-state index contributed by atoms with van der Waals surface area (Å²) in [6, 6.07) is 7.26. The summed E-state index contributed by atoms with van der Waals surface area (Å²) < 4.78 is 2.41. The summed E-state index contributed by atoms with van der Waals surface area (Å²) in [5.41, 5.74) is 5.67. The molecule has 4 rings (SSSR count). The van der Waals surface area contributed by atoms with Gasteiger partial charge in [-0.05, 0) is 50.4 Å². The van der Waals surface area contributed by atoms with E-state index in [1.54, 1.807) is 0 Å². The molecule has 1 aliphatic heterocycles. The average molecular weight is 284 g/mol. The van der Waals surface area contributed by atoms with Crippen molar-refractivity contribution in [3.63, 3.8) is 0 Å². The molecule has 3 nitrogen and oxygen atoms in total. The Hall–Kier alpha value is -1.32. The van der Waals surface area contributed by atoms with Crippen molar-refractivity contribution < 1.29 is 5.11 Å². The van der Waals surface area contributed by atoms with Crippen molar-refractivity contribution in [2.45, 2.75) is 51.8 Å². The van der Waals surface area contributed by atoms with E-state index in [-0.39, 0.29) is 6.10 Å². The van der Waals surface area contributed by atoms with E-state index in [9.17, 15) is 5.11 Å². The molecule has 0 saturated heterocycles. The minimum atomic E-state index is -0.267. The standard InChI is InChI=1S/C18H24N2O/c1-3-19-10-13(21)11-20-16-8-7-12(2)9-15(16)14-5-4-6-17(19)18(14)20/h7-9,13,17,21H,3-6,10-11H2,1-2H3/t13-,17+/m0/s1. The van der Waals surface area contributed by atoms with Crippen LogP contribution in [0.1, 0.15) is 42.6 Å². The molecule has 2 heterocycles. The van der Waals surface area contributed by atoms with Crippen LogP contribution in [0.4, 0.5) is 0 Å². The summed E-state index contributed by atoms with van der Waals surface area (Å²) in [4.78, 5) is 2.47.